The van der Waals surface area contributed by atoms with Gasteiger partial charge in [-0.25, -0.2) is 0 Å². The number of nitrogens with zero attached hydrogens (tertiary/aromatic N) is 1. The normalized spacial score (nSPS) is 38.5. The Kier molecular flexibility index (Phi) is 5.00. The molecule has 2 bridgehead atoms. The lowest BCUT2D eigenvalue weighted by Crippen LogP contribution is -2.58. The number of fused-ring (bicyclic) bond motifs is 2. The van der Waals surface area contributed by atoms with Crippen LogP contribution in [0.25, 0.3) is 0 Å². The van der Waals surface area contributed by atoms with E-state index in [4.69, 9.17) is 4.74 Å². The van der Waals surface area contributed by atoms with E-state index < -0.39 is 0 Å². The van der Waals surface area contributed by atoms with Gasteiger partial charge in [0.05, 0.1) is 0 Å². The smallest absolute Gasteiger partial charge is 0.0495 e. The molecule has 0 aromatic rings. The number of hydrogen-bond acceptors (Lipinski definition) is 3. The first-order valence-corrected chi connectivity index (χ1v) is 8.79. The van der Waals surface area contributed by atoms with Gasteiger partial charge < -0.3 is 15.0 Å². The topological polar surface area (TPSA) is 24.5 Å². The minimum absolute atomic E-state index is 0.717. The van der Waals surface area contributed by atoms with E-state index >= 15 is 0 Å². The summed E-state index contributed by atoms with van der Waals surface area (Å²) in [5.74, 6) is 2.60. The Hall–Kier alpha value is -0.120. The minimum Gasteiger partial charge on any atom is -0.381 e. The maximum atomic E-state index is 5.48. The largest absolute Gasteiger partial charge is 0.381 e. The lowest BCUT2D eigenvalue weighted by Gasteiger charge is -2.49. The highest BCUT2D eigenvalue weighted by Gasteiger charge is 2.39. The van der Waals surface area contributed by atoms with Crippen molar-refractivity contribution >= 4 is 0 Å². The van der Waals surface area contributed by atoms with Crippen molar-refractivity contribution < 1.29 is 4.74 Å². The van der Waals surface area contributed by atoms with Crippen molar-refractivity contribution in [3.05, 3.63) is 0 Å². The molecule has 3 fully saturated rings. The van der Waals surface area contributed by atoms with E-state index in [1.54, 1.807) is 0 Å². The molecule has 0 amide bonds. The van der Waals surface area contributed by atoms with Gasteiger partial charge in [-0.1, -0.05) is 6.42 Å². The van der Waals surface area contributed by atoms with Crippen LogP contribution in [-0.2, 0) is 4.74 Å². The summed E-state index contributed by atoms with van der Waals surface area (Å²) in [5, 5.41) is 3.93. The van der Waals surface area contributed by atoms with E-state index in [2.05, 4.69) is 24.1 Å². The zero-order chi connectivity index (χ0) is 13.9. The van der Waals surface area contributed by atoms with Crippen LogP contribution in [-0.4, -0.2) is 49.8 Å². The van der Waals surface area contributed by atoms with Crippen molar-refractivity contribution in [1.82, 2.24) is 10.2 Å². The van der Waals surface area contributed by atoms with Crippen LogP contribution < -0.4 is 5.32 Å². The molecule has 1 saturated carbocycles. The highest BCUT2D eigenvalue weighted by molar-refractivity contribution is 4.95. The molecule has 0 radical (unpaired) electrons. The van der Waals surface area contributed by atoms with Crippen LogP contribution in [0, 0.1) is 17.8 Å². The van der Waals surface area contributed by atoms with Crippen molar-refractivity contribution in [3.63, 3.8) is 0 Å². The van der Waals surface area contributed by atoms with Crippen LogP contribution in [0.1, 0.15) is 46.0 Å². The highest BCUT2D eigenvalue weighted by atomic mass is 16.5. The Morgan fingerprint density at radius 1 is 1.15 bits per heavy atom. The molecule has 0 aromatic carbocycles. The van der Waals surface area contributed by atoms with E-state index in [0.29, 0.717) is 0 Å². The minimum atomic E-state index is 0.717. The Labute approximate surface area is 124 Å². The first kappa shape index (κ1) is 14.8. The van der Waals surface area contributed by atoms with E-state index in [1.165, 1.54) is 51.7 Å². The van der Waals surface area contributed by atoms with Crippen molar-refractivity contribution in [2.75, 3.05) is 32.8 Å². The number of piperidine rings is 1. The van der Waals surface area contributed by atoms with Crippen LogP contribution in [0.5, 0.6) is 0 Å². The van der Waals surface area contributed by atoms with Crippen LogP contribution in [0.2, 0.25) is 0 Å². The molecule has 0 spiro atoms. The molecule has 1 aliphatic carbocycles. The molecule has 3 atom stereocenters. The summed E-state index contributed by atoms with van der Waals surface area (Å²) in [6.07, 6.45) is 6.91. The van der Waals surface area contributed by atoms with Gasteiger partial charge in [-0.2, -0.15) is 0 Å². The van der Waals surface area contributed by atoms with Gasteiger partial charge in [0, 0.05) is 38.4 Å². The third-order valence-corrected chi connectivity index (χ3v) is 5.79. The molecule has 3 nitrogen and oxygen atoms in total. The zero-order valence-corrected chi connectivity index (χ0v) is 13.3. The molecule has 3 aliphatic rings. The van der Waals surface area contributed by atoms with Crippen LogP contribution in [0.4, 0.5) is 0 Å². The standard InChI is InChI=1S/C17H32N2O/c1-13(2)19-10-15-4-3-5-16(11-19)17(15)18-8-6-14-7-9-20-12-14/h13-18H,3-12H2,1-2H3. The molecular weight excluding hydrogens is 248 g/mol. The lowest BCUT2D eigenvalue weighted by atomic mass is 9.73. The van der Waals surface area contributed by atoms with Gasteiger partial charge in [0.25, 0.3) is 0 Å². The van der Waals surface area contributed by atoms with Gasteiger partial charge >= 0.3 is 0 Å². The van der Waals surface area contributed by atoms with Crippen molar-refractivity contribution in [2.45, 2.75) is 58.0 Å². The Bertz CT molecular complexity index is 287. The van der Waals surface area contributed by atoms with Gasteiger partial charge in [0.15, 0.2) is 0 Å². The van der Waals surface area contributed by atoms with Crippen LogP contribution >= 0.6 is 0 Å². The van der Waals surface area contributed by atoms with E-state index in [1.807, 2.05) is 0 Å². The molecule has 0 aromatic heterocycles. The van der Waals surface area contributed by atoms with Gasteiger partial charge in [-0.15, -0.1) is 0 Å². The van der Waals surface area contributed by atoms with Gasteiger partial charge in [0.1, 0.15) is 0 Å². The summed E-state index contributed by atoms with van der Waals surface area (Å²) >= 11 is 0. The molecule has 20 heavy (non-hydrogen) atoms. The second kappa shape index (κ2) is 6.76. The lowest BCUT2D eigenvalue weighted by molar-refractivity contribution is 0.0292. The first-order valence-electron chi connectivity index (χ1n) is 8.79. The van der Waals surface area contributed by atoms with E-state index in [9.17, 15) is 0 Å². The van der Waals surface area contributed by atoms with Gasteiger partial charge in [0.2, 0.25) is 0 Å². The molecule has 116 valence electrons. The average Bonchev–Trinajstić information content (AvgIpc) is 2.91. The van der Waals surface area contributed by atoms with E-state index in [-0.39, 0.29) is 0 Å². The molecule has 3 unspecified atom stereocenters. The number of ether oxygens (including phenoxy) is 1. The number of hydrogen-bond donors (Lipinski definition) is 1. The fraction of sp³-hybridized carbons (Fsp3) is 1.00. The molecular formula is C17H32N2O. The second-order valence-corrected chi connectivity index (χ2v) is 7.50. The summed E-state index contributed by atoms with van der Waals surface area (Å²) in [4.78, 5) is 2.71. The Morgan fingerprint density at radius 2 is 1.90 bits per heavy atom. The van der Waals surface area contributed by atoms with Crippen LogP contribution in [0.3, 0.4) is 0 Å². The average molecular weight is 280 g/mol. The summed E-state index contributed by atoms with van der Waals surface area (Å²) in [6, 6.07) is 1.51. The number of nitrogens with one attached hydrogen (secondary N) is 1. The molecule has 2 saturated heterocycles. The Balaban J connectivity index is 1.48. The maximum absolute atomic E-state index is 5.48. The summed E-state index contributed by atoms with van der Waals surface area (Å²) in [6.45, 7) is 10.5. The summed E-state index contributed by atoms with van der Waals surface area (Å²) in [7, 11) is 0. The molecule has 2 heterocycles. The fourth-order valence-corrected chi connectivity index (χ4v) is 4.49. The summed E-state index contributed by atoms with van der Waals surface area (Å²) < 4.78 is 5.48. The predicted octanol–water partition coefficient (Wildman–Crippen LogP) is 2.51. The summed E-state index contributed by atoms with van der Waals surface area (Å²) in [5.41, 5.74) is 0. The maximum Gasteiger partial charge on any atom is 0.0495 e. The quantitative estimate of drug-likeness (QED) is 0.837. The monoisotopic (exact) mass is 280 g/mol. The van der Waals surface area contributed by atoms with Crippen LogP contribution in [0.15, 0.2) is 0 Å². The molecule has 2 aliphatic heterocycles. The molecule has 3 heteroatoms. The predicted molar refractivity (Wildman–Crippen MR) is 82.9 cm³/mol. The highest BCUT2D eigenvalue weighted by Crippen LogP contribution is 2.35. The zero-order valence-electron chi connectivity index (χ0n) is 13.3. The fourth-order valence-electron chi connectivity index (χ4n) is 4.49. The third kappa shape index (κ3) is 3.37. The number of rotatable bonds is 5. The van der Waals surface area contributed by atoms with Crippen molar-refractivity contribution in [1.29, 1.82) is 0 Å². The third-order valence-electron chi connectivity index (χ3n) is 5.79. The molecule has 1 N–H and O–H groups in total. The van der Waals surface area contributed by atoms with Gasteiger partial charge in [-0.05, 0) is 63.8 Å². The van der Waals surface area contributed by atoms with Crippen molar-refractivity contribution in [3.8, 4) is 0 Å². The SMILES string of the molecule is CC(C)N1CC2CCCC(C1)C2NCCC1CCOC1. The number of likely N-dealkylation sites (tertiary alicyclic amines) is 1. The first-order chi connectivity index (χ1) is 9.74. The van der Waals surface area contributed by atoms with Crippen molar-refractivity contribution in [2.24, 2.45) is 17.8 Å². The van der Waals surface area contributed by atoms with Gasteiger partial charge in [-0.3, -0.25) is 0 Å². The second-order valence-electron chi connectivity index (χ2n) is 7.50. The molecule has 3 rings (SSSR count). The Morgan fingerprint density at radius 3 is 2.50 bits per heavy atom. The van der Waals surface area contributed by atoms with E-state index in [0.717, 1.165) is 43.1 Å².